The first-order valence-electron chi connectivity index (χ1n) is 13.5. The Hall–Kier alpha value is -3.47. The summed E-state index contributed by atoms with van der Waals surface area (Å²) >= 11 is 12.6. The number of anilines is 1. The Labute approximate surface area is 256 Å². The summed E-state index contributed by atoms with van der Waals surface area (Å²) in [7, 11) is -3.93. The van der Waals surface area contributed by atoms with Crippen LogP contribution in [0.1, 0.15) is 30.9 Å². The van der Waals surface area contributed by atoms with E-state index in [4.69, 9.17) is 32.7 Å². The average molecular weight is 635 g/mol. The minimum absolute atomic E-state index is 0.0144. The first-order valence-corrected chi connectivity index (χ1v) is 16.1. The monoisotopic (exact) mass is 633 g/mol. The second kappa shape index (κ2) is 14.1. The van der Waals surface area contributed by atoms with Crippen LogP contribution >= 0.6 is 23.2 Å². The minimum Gasteiger partial charge on any atom is -0.454 e. The molecule has 42 heavy (non-hydrogen) atoms. The molecule has 3 aromatic rings. The number of sulfonamides is 1. The SMILES string of the molecule is CCCCNC(=O)[C@H](Cc1ccccc1)N(Cc1ccc(Cl)cc1Cl)C(=O)CN(c1ccc2c(c1)OCO2)S(C)(=O)=O. The third kappa shape index (κ3) is 8.08. The lowest BCUT2D eigenvalue weighted by Gasteiger charge is -2.33. The molecule has 12 heteroatoms. The van der Waals surface area contributed by atoms with E-state index in [1.165, 1.54) is 11.0 Å². The van der Waals surface area contributed by atoms with Gasteiger partial charge in [0.1, 0.15) is 12.6 Å². The Morgan fingerprint density at radius 3 is 2.43 bits per heavy atom. The van der Waals surface area contributed by atoms with Gasteiger partial charge in [-0.3, -0.25) is 13.9 Å². The lowest BCUT2D eigenvalue weighted by Crippen LogP contribution is -2.53. The van der Waals surface area contributed by atoms with Crippen molar-refractivity contribution in [1.29, 1.82) is 0 Å². The van der Waals surface area contributed by atoms with Gasteiger partial charge in [-0.2, -0.15) is 0 Å². The van der Waals surface area contributed by atoms with E-state index in [0.29, 0.717) is 33.7 Å². The maximum atomic E-state index is 14.2. The van der Waals surface area contributed by atoms with Gasteiger partial charge in [0.15, 0.2) is 11.5 Å². The third-order valence-corrected chi connectivity index (χ3v) is 8.51. The van der Waals surface area contributed by atoms with E-state index in [1.807, 2.05) is 37.3 Å². The van der Waals surface area contributed by atoms with E-state index in [-0.39, 0.29) is 31.4 Å². The van der Waals surface area contributed by atoms with Crippen LogP contribution < -0.4 is 19.1 Å². The van der Waals surface area contributed by atoms with E-state index in [9.17, 15) is 18.0 Å². The van der Waals surface area contributed by atoms with Crippen molar-refractivity contribution in [3.8, 4) is 11.5 Å². The minimum atomic E-state index is -3.93. The van der Waals surface area contributed by atoms with Gasteiger partial charge in [0, 0.05) is 35.6 Å². The van der Waals surface area contributed by atoms with Gasteiger partial charge in [-0.1, -0.05) is 72.9 Å². The molecule has 0 spiro atoms. The predicted octanol–water partition coefficient (Wildman–Crippen LogP) is 5.04. The number of nitrogens with one attached hydrogen (secondary N) is 1. The van der Waals surface area contributed by atoms with Crippen LogP contribution in [0.25, 0.3) is 0 Å². The van der Waals surface area contributed by atoms with Gasteiger partial charge in [0.25, 0.3) is 0 Å². The van der Waals surface area contributed by atoms with E-state index in [1.54, 1.807) is 30.3 Å². The Bertz CT molecular complexity index is 1520. The molecule has 0 bridgehead atoms. The highest BCUT2D eigenvalue weighted by molar-refractivity contribution is 7.92. The third-order valence-electron chi connectivity index (χ3n) is 6.78. The first kappa shape index (κ1) is 31.5. The quantitative estimate of drug-likeness (QED) is 0.264. The second-order valence-electron chi connectivity index (χ2n) is 9.91. The Morgan fingerprint density at radius 1 is 1.00 bits per heavy atom. The lowest BCUT2D eigenvalue weighted by molar-refractivity contribution is -0.140. The normalized spacial score (nSPS) is 13.0. The second-order valence-corrected chi connectivity index (χ2v) is 12.7. The number of halogens is 2. The van der Waals surface area contributed by atoms with Gasteiger partial charge in [0.2, 0.25) is 28.6 Å². The van der Waals surface area contributed by atoms with Crippen molar-refractivity contribution < 1.29 is 27.5 Å². The Kier molecular flexibility index (Phi) is 10.6. The zero-order valence-electron chi connectivity index (χ0n) is 23.4. The van der Waals surface area contributed by atoms with Crippen LogP contribution in [-0.4, -0.2) is 57.3 Å². The molecule has 1 heterocycles. The molecule has 0 unspecified atom stereocenters. The highest BCUT2D eigenvalue weighted by Gasteiger charge is 2.33. The number of carbonyl (C=O) groups excluding carboxylic acids is 2. The molecule has 2 amide bonds. The summed E-state index contributed by atoms with van der Waals surface area (Å²) in [5.74, 6) is -0.0877. The van der Waals surface area contributed by atoms with Gasteiger partial charge in [-0.05, 0) is 41.8 Å². The molecule has 4 rings (SSSR count). The van der Waals surface area contributed by atoms with Gasteiger partial charge in [-0.25, -0.2) is 8.42 Å². The van der Waals surface area contributed by atoms with Crippen LogP contribution in [0.5, 0.6) is 11.5 Å². The molecule has 1 atom stereocenters. The molecule has 0 saturated carbocycles. The van der Waals surface area contributed by atoms with Crippen molar-refractivity contribution in [3.05, 3.63) is 87.9 Å². The van der Waals surface area contributed by atoms with Gasteiger partial charge < -0.3 is 19.7 Å². The number of ether oxygens (including phenoxy) is 2. The lowest BCUT2D eigenvalue weighted by atomic mass is 10.0. The summed E-state index contributed by atoms with van der Waals surface area (Å²) in [5, 5.41) is 3.69. The summed E-state index contributed by atoms with van der Waals surface area (Å²) in [6.07, 6.45) is 2.88. The van der Waals surface area contributed by atoms with Crippen LogP contribution in [0, 0.1) is 0 Å². The topological polar surface area (TPSA) is 105 Å². The van der Waals surface area contributed by atoms with Crippen LogP contribution in [0.2, 0.25) is 10.0 Å². The van der Waals surface area contributed by atoms with Gasteiger partial charge in [0.05, 0.1) is 11.9 Å². The molecule has 0 fully saturated rings. The fourth-order valence-electron chi connectivity index (χ4n) is 4.55. The van der Waals surface area contributed by atoms with Crippen molar-refractivity contribution in [1.82, 2.24) is 10.2 Å². The highest BCUT2D eigenvalue weighted by atomic mass is 35.5. The molecule has 0 aliphatic carbocycles. The maximum absolute atomic E-state index is 14.2. The molecule has 0 radical (unpaired) electrons. The summed E-state index contributed by atoms with van der Waals surface area (Å²) in [6, 6.07) is 17.9. The molecule has 224 valence electrons. The molecular formula is C30H33Cl2N3O6S. The summed E-state index contributed by atoms with van der Waals surface area (Å²) in [4.78, 5) is 29.2. The number of carbonyl (C=O) groups is 2. The van der Waals surface area contributed by atoms with E-state index in [0.717, 1.165) is 29.0 Å². The summed E-state index contributed by atoms with van der Waals surface area (Å²) in [6.45, 7) is 1.86. The summed E-state index contributed by atoms with van der Waals surface area (Å²) in [5.41, 5.74) is 1.62. The van der Waals surface area contributed by atoms with Crippen molar-refractivity contribution >= 4 is 50.7 Å². The molecular weight excluding hydrogens is 601 g/mol. The number of benzene rings is 3. The van der Waals surface area contributed by atoms with Crippen molar-refractivity contribution in [2.45, 2.75) is 38.8 Å². The number of hydrogen-bond acceptors (Lipinski definition) is 6. The Morgan fingerprint density at radius 2 is 1.74 bits per heavy atom. The molecule has 0 aromatic heterocycles. The van der Waals surface area contributed by atoms with Gasteiger partial charge in [-0.15, -0.1) is 0 Å². The standard InChI is InChI=1S/C30H33Cl2N3O6S/c1-3-4-14-33-30(37)26(15-21-8-6-5-7-9-21)34(18-22-10-11-23(31)16-25(22)32)29(36)19-35(42(2,38)39)24-12-13-27-28(17-24)41-20-40-27/h5-13,16-17,26H,3-4,14-15,18-20H2,1-2H3,(H,33,37)/t26-/m0/s1. The zero-order valence-corrected chi connectivity index (χ0v) is 25.7. The van der Waals surface area contributed by atoms with Crippen molar-refractivity contribution in [2.24, 2.45) is 0 Å². The maximum Gasteiger partial charge on any atom is 0.244 e. The molecule has 1 N–H and O–H groups in total. The van der Waals surface area contributed by atoms with Crippen LogP contribution in [0.3, 0.4) is 0 Å². The van der Waals surface area contributed by atoms with Gasteiger partial charge >= 0.3 is 0 Å². The number of nitrogens with zero attached hydrogens (tertiary/aromatic N) is 2. The number of amides is 2. The molecule has 9 nitrogen and oxygen atoms in total. The van der Waals surface area contributed by atoms with E-state index >= 15 is 0 Å². The van der Waals surface area contributed by atoms with Crippen LogP contribution in [-0.2, 0) is 32.6 Å². The Balaban J connectivity index is 1.73. The van der Waals surface area contributed by atoms with Crippen molar-refractivity contribution in [3.63, 3.8) is 0 Å². The molecule has 3 aromatic carbocycles. The van der Waals surface area contributed by atoms with Crippen LogP contribution in [0.15, 0.2) is 66.7 Å². The zero-order chi connectivity index (χ0) is 30.3. The largest absolute Gasteiger partial charge is 0.454 e. The fraction of sp³-hybridized carbons (Fsp3) is 0.333. The summed E-state index contributed by atoms with van der Waals surface area (Å²) < 4.78 is 37.7. The molecule has 1 aliphatic heterocycles. The van der Waals surface area contributed by atoms with Crippen LogP contribution in [0.4, 0.5) is 5.69 Å². The first-order chi connectivity index (χ1) is 20.1. The highest BCUT2D eigenvalue weighted by Crippen LogP contribution is 2.36. The fourth-order valence-corrected chi connectivity index (χ4v) is 5.86. The van der Waals surface area contributed by atoms with Crippen molar-refractivity contribution in [2.75, 3.05) is 30.4 Å². The molecule has 0 saturated heterocycles. The average Bonchev–Trinajstić information content (AvgIpc) is 3.42. The number of hydrogen-bond donors (Lipinski definition) is 1. The molecule has 1 aliphatic rings. The number of fused-ring (bicyclic) bond motifs is 1. The van der Waals surface area contributed by atoms with E-state index < -0.39 is 28.5 Å². The number of rotatable bonds is 13. The predicted molar refractivity (Wildman–Crippen MR) is 164 cm³/mol. The number of unbranched alkanes of at least 4 members (excludes halogenated alkanes) is 1. The van der Waals surface area contributed by atoms with E-state index in [2.05, 4.69) is 5.32 Å². The smallest absolute Gasteiger partial charge is 0.244 e.